The third-order valence-electron chi connectivity index (χ3n) is 4.75. The van der Waals surface area contributed by atoms with Crippen LogP contribution in [-0.4, -0.2) is 17.9 Å². The van der Waals surface area contributed by atoms with E-state index < -0.39 is 11.5 Å². The third kappa shape index (κ3) is 2.73. The molecule has 0 saturated heterocycles. The smallest absolute Gasteiger partial charge is 0.265 e. The second kappa shape index (κ2) is 5.58. The number of ether oxygens (including phenoxy) is 1. The summed E-state index contributed by atoms with van der Waals surface area (Å²) in [7, 11) is 0. The Morgan fingerprint density at radius 1 is 1.24 bits per heavy atom. The van der Waals surface area contributed by atoms with E-state index in [9.17, 15) is 14.0 Å². The van der Waals surface area contributed by atoms with Crippen LogP contribution in [-0.2, 0) is 15.0 Å². The van der Waals surface area contributed by atoms with Gasteiger partial charge in [0, 0.05) is 5.69 Å². The van der Waals surface area contributed by atoms with Crippen LogP contribution in [0.2, 0.25) is 0 Å². The summed E-state index contributed by atoms with van der Waals surface area (Å²) in [6.07, 6.45) is 0.917. The molecule has 1 unspecified atom stereocenters. The van der Waals surface area contributed by atoms with Crippen molar-refractivity contribution in [3.8, 4) is 5.75 Å². The fourth-order valence-corrected chi connectivity index (χ4v) is 3.08. The Morgan fingerprint density at radius 3 is 2.64 bits per heavy atom. The Kier molecular flexibility index (Phi) is 3.49. The first-order valence-electron chi connectivity index (χ1n) is 8.17. The van der Waals surface area contributed by atoms with Crippen molar-refractivity contribution in [2.45, 2.75) is 31.3 Å². The maximum atomic E-state index is 13.1. The molecule has 0 radical (unpaired) electrons. The molecular formula is C19H17FN2O3. The molecule has 1 aliphatic carbocycles. The summed E-state index contributed by atoms with van der Waals surface area (Å²) in [5.74, 6) is -0.0965. The number of amides is 2. The molecule has 2 aliphatic rings. The first-order valence-corrected chi connectivity index (χ1v) is 8.17. The fourth-order valence-electron chi connectivity index (χ4n) is 3.08. The molecule has 6 heteroatoms. The highest BCUT2D eigenvalue weighted by Gasteiger charge is 2.51. The van der Waals surface area contributed by atoms with Gasteiger partial charge >= 0.3 is 0 Å². The molecule has 0 spiro atoms. The average Bonchev–Trinajstić information content (AvgIpc) is 3.39. The second-order valence-electron chi connectivity index (χ2n) is 6.50. The Labute approximate surface area is 144 Å². The number of carbonyl (C=O) groups is 2. The van der Waals surface area contributed by atoms with E-state index in [0.29, 0.717) is 17.1 Å². The minimum Gasteiger partial charge on any atom is -0.479 e. The van der Waals surface area contributed by atoms with Crippen molar-refractivity contribution in [2.75, 3.05) is 10.6 Å². The highest BCUT2D eigenvalue weighted by atomic mass is 19.1. The van der Waals surface area contributed by atoms with Crippen molar-refractivity contribution in [3.05, 3.63) is 53.8 Å². The van der Waals surface area contributed by atoms with Crippen LogP contribution in [0.15, 0.2) is 42.5 Å². The van der Waals surface area contributed by atoms with Crippen molar-refractivity contribution in [3.63, 3.8) is 0 Å². The van der Waals surface area contributed by atoms with Crippen LogP contribution in [0.1, 0.15) is 25.3 Å². The molecule has 1 atom stereocenters. The van der Waals surface area contributed by atoms with Crippen LogP contribution < -0.4 is 15.4 Å². The van der Waals surface area contributed by atoms with Crippen LogP contribution in [0, 0.1) is 5.82 Å². The SMILES string of the molecule is CC1Oc2ccc(NC(=O)C3(c4ccc(F)cc4)CC3)cc2NC1=O. The number of nitrogens with one attached hydrogen (secondary N) is 2. The molecule has 4 rings (SSSR count). The zero-order chi connectivity index (χ0) is 17.6. The van der Waals surface area contributed by atoms with Gasteiger partial charge in [-0.3, -0.25) is 9.59 Å². The van der Waals surface area contributed by atoms with Crippen molar-refractivity contribution < 1.29 is 18.7 Å². The van der Waals surface area contributed by atoms with Gasteiger partial charge in [0.1, 0.15) is 11.6 Å². The van der Waals surface area contributed by atoms with Gasteiger partial charge < -0.3 is 15.4 Å². The van der Waals surface area contributed by atoms with Crippen molar-refractivity contribution in [1.82, 2.24) is 0 Å². The molecule has 0 aromatic heterocycles. The highest BCUT2D eigenvalue weighted by Crippen LogP contribution is 2.49. The van der Waals surface area contributed by atoms with Crippen LogP contribution in [0.3, 0.4) is 0 Å². The largest absolute Gasteiger partial charge is 0.479 e. The summed E-state index contributed by atoms with van der Waals surface area (Å²) in [4.78, 5) is 24.5. The van der Waals surface area contributed by atoms with E-state index in [2.05, 4.69) is 10.6 Å². The van der Waals surface area contributed by atoms with Crippen LogP contribution in [0.4, 0.5) is 15.8 Å². The van der Waals surface area contributed by atoms with Crippen molar-refractivity contribution in [1.29, 1.82) is 0 Å². The quantitative estimate of drug-likeness (QED) is 0.901. The van der Waals surface area contributed by atoms with Gasteiger partial charge in [-0.25, -0.2) is 4.39 Å². The summed E-state index contributed by atoms with van der Waals surface area (Å²) < 4.78 is 18.6. The number of benzene rings is 2. The number of rotatable bonds is 3. The summed E-state index contributed by atoms with van der Waals surface area (Å²) >= 11 is 0. The molecule has 2 aromatic rings. The molecule has 1 saturated carbocycles. The first kappa shape index (κ1) is 15.6. The monoisotopic (exact) mass is 340 g/mol. The lowest BCUT2D eigenvalue weighted by Crippen LogP contribution is -2.34. The Hall–Kier alpha value is -2.89. The molecule has 0 bridgehead atoms. The predicted molar refractivity (Wildman–Crippen MR) is 91.1 cm³/mol. The standard InChI is InChI=1S/C19H17FN2O3/c1-11-17(23)22-15-10-14(6-7-16(15)25-11)21-18(24)19(8-9-19)12-2-4-13(20)5-3-12/h2-7,10-11H,8-9H2,1H3,(H,21,24)(H,22,23). The molecular weight excluding hydrogens is 323 g/mol. The maximum Gasteiger partial charge on any atom is 0.265 e. The lowest BCUT2D eigenvalue weighted by atomic mass is 9.95. The van der Waals surface area contributed by atoms with E-state index in [1.807, 2.05) is 0 Å². The lowest BCUT2D eigenvalue weighted by Gasteiger charge is -2.24. The normalized spacial score (nSPS) is 20.1. The number of hydrogen-bond donors (Lipinski definition) is 2. The fraction of sp³-hybridized carbons (Fsp3) is 0.263. The first-order chi connectivity index (χ1) is 12.0. The van der Waals surface area contributed by atoms with E-state index in [-0.39, 0.29) is 17.6 Å². The number of halogens is 1. The summed E-state index contributed by atoms with van der Waals surface area (Å²) in [6, 6.07) is 11.2. The van der Waals surface area contributed by atoms with Crippen LogP contribution in [0.25, 0.3) is 0 Å². The molecule has 1 aliphatic heterocycles. The predicted octanol–water partition coefficient (Wildman–Crippen LogP) is 3.22. The number of hydrogen-bond acceptors (Lipinski definition) is 3. The molecule has 25 heavy (non-hydrogen) atoms. The Balaban J connectivity index is 1.54. The third-order valence-corrected chi connectivity index (χ3v) is 4.75. The molecule has 2 amide bonds. The van der Waals surface area contributed by atoms with E-state index in [1.165, 1.54) is 12.1 Å². The topological polar surface area (TPSA) is 67.4 Å². The molecule has 2 N–H and O–H groups in total. The maximum absolute atomic E-state index is 13.1. The van der Waals surface area contributed by atoms with Gasteiger partial charge in [-0.05, 0) is 55.7 Å². The van der Waals surface area contributed by atoms with Gasteiger partial charge in [0.2, 0.25) is 5.91 Å². The number of carbonyl (C=O) groups excluding carboxylic acids is 2. The van der Waals surface area contributed by atoms with Gasteiger partial charge in [0.15, 0.2) is 6.10 Å². The minimum atomic E-state index is -0.599. The van der Waals surface area contributed by atoms with Crippen molar-refractivity contribution in [2.24, 2.45) is 0 Å². The minimum absolute atomic E-state index is 0.129. The Bertz CT molecular complexity index is 859. The van der Waals surface area contributed by atoms with Gasteiger partial charge in [-0.15, -0.1) is 0 Å². The molecule has 5 nitrogen and oxygen atoms in total. The summed E-state index contributed by atoms with van der Waals surface area (Å²) in [5, 5.41) is 5.65. The molecule has 1 fully saturated rings. The molecule has 1 heterocycles. The summed E-state index contributed by atoms with van der Waals surface area (Å²) in [6.45, 7) is 1.67. The van der Waals surface area contributed by atoms with Gasteiger partial charge in [-0.1, -0.05) is 12.1 Å². The van der Waals surface area contributed by atoms with E-state index in [1.54, 1.807) is 37.3 Å². The van der Waals surface area contributed by atoms with Gasteiger partial charge in [0.05, 0.1) is 11.1 Å². The van der Waals surface area contributed by atoms with Crippen molar-refractivity contribution >= 4 is 23.2 Å². The zero-order valence-corrected chi connectivity index (χ0v) is 13.6. The van der Waals surface area contributed by atoms with Gasteiger partial charge in [-0.2, -0.15) is 0 Å². The molecule has 128 valence electrons. The van der Waals surface area contributed by atoms with E-state index in [4.69, 9.17) is 4.74 Å². The Morgan fingerprint density at radius 2 is 1.96 bits per heavy atom. The van der Waals surface area contributed by atoms with Gasteiger partial charge in [0.25, 0.3) is 5.91 Å². The van der Waals surface area contributed by atoms with Crippen LogP contribution >= 0.6 is 0 Å². The van der Waals surface area contributed by atoms with Crippen LogP contribution in [0.5, 0.6) is 5.75 Å². The average molecular weight is 340 g/mol. The second-order valence-corrected chi connectivity index (χ2v) is 6.50. The van der Waals surface area contributed by atoms with E-state index >= 15 is 0 Å². The van der Waals surface area contributed by atoms with E-state index in [0.717, 1.165) is 18.4 Å². The highest BCUT2D eigenvalue weighted by molar-refractivity contribution is 6.03. The zero-order valence-electron chi connectivity index (χ0n) is 13.6. The molecule has 2 aromatic carbocycles. The number of anilines is 2. The summed E-state index contributed by atoms with van der Waals surface area (Å²) in [5.41, 5.74) is 1.33. The lowest BCUT2D eigenvalue weighted by molar-refractivity contribution is -0.122. The number of fused-ring (bicyclic) bond motifs is 1.